The van der Waals surface area contributed by atoms with E-state index < -0.39 is 28.5 Å². The van der Waals surface area contributed by atoms with E-state index in [1.165, 1.54) is 9.21 Å². The number of nitrogens with one attached hydrogen (secondary N) is 1. The fourth-order valence-electron chi connectivity index (χ4n) is 5.36. The van der Waals surface area contributed by atoms with Crippen LogP contribution in [0.4, 0.5) is 5.69 Å². The second-order valence-corrected chi connectivity index (χ2v) is 13.5. The number of amides is 2. The first kappa shape index (κ1) is 33.5. The summed E-state index contributed by atoms with van der Waals surface area (Å²) in [5.41, 5.74) is 5.82. The van der Waals surface area contributed by atoms with Gasteiger partial charge in [0.15, 0.2) is 0 Å². The van der Waals surface area contributed by atoms with Crippen LogP contribution in [0.2, 0.25) is 0 Å². The fraction of sp³-hybridized carbons (Fsp3) is 0.297. The third-order valence-electron chi connectivity index (χ3n) is 7.76. The lowest BCUT2D eigenvalue weighted by molar-refractivity contribution is -0.140. The van der Waals surface area contributed by atoms with E-state index in [2.05, 4.69) is 5.32 Å². The first-order valence-electron chi connectivity index (χ1n) is 15.3. The summed E-state index contributed by atoms with van der Waals surface area (Å²) in [7, 11) is -4.15. The van der Waals surface area contributed by atoms with E-state index in [9.17, 15) is 18.0 Å². The summed E-state index contributed by atoms with van der Waals surface area (Å²) in [5, 5.41) is 2.98. The van der Waals surface area contributed by atoms with Gasteiger partial charge in [0.05, 0.1) is 10.6 Å². The Morgan fingerprint density at radius 3 is 2.04 bits per heavy atom. The number of hydrogen-bond donors (Lipinski definition) is 1. The molecule has 0 aromatic heterocycles. The van der Waals surface area contributed by atoms with E-state index in [4.69, 9.17) is 0 Å². The number of carbonyl (C=O) groups is 2. The van der Waals surface area contributed by atoms with Gasteiger partial charge in [0.25, 0.3) is 10.0 Å². The number of nitrogens with zero attached hydrogens (tertiary/aromatic N) is 2. The van der Waals surface area contributed by atoms with Crippen LogP contribution in [-0.2, 0) is 32.6 Å². The molecule has 4 rings (SSSR count). The van der Waals surface area contributed by atoms with E-state index in [0.29, 0.717) is 12.2 Å². The zero-order valence-electron chi connectivity index (χ0n) is 26.8. The Labute approximate surface area is 268 Å². The fourth-order valence-corrected chi connectivity index (χ4v) is 6.84. The van der Waals surface area contributed by atoms with Crippen molar-refractivity contribution in [2.24, 2.45) is 0 Å². The van der Waals surface area contributed by atoms with Crippen molar-refractivity contribution in [3.8, 4) is 0 Å². The largest absolute Gasteiger partial charge is 0.354 e. The van der Waals surface area contributed by atoms with Gasteiger partial charge in [0.2, 0.25) is 11.8 Å². The standard InChI is InChI=1S/C37H43N3O4S/c1-6-21-38-37(42)35(24-31-12-8-7-9-13-31)39(25-32-14-10-11-28(3)23-32)36(41)26-40(34-20-17-29(4)22-30(34)5)45(43,44)33-18-15-27(2)16-19-33/h7-20,22-23,35H,6,21,24-26H2,1-5H3,(H,38,42)/t35-/m1/s1. The quantitative estimate of drug-likeness (QED) is 0.190. The summed E-state index contributed by atoms with van der Waals surface area (Å²) in [4.78, 5) is 30.0. The lowest BCUT2D eigenvalue weighted by Gasteiger charge is -2.34. The minimum absolute atomic E-state index is 0.0904. The summed E-state index contributed by atoms with van der Waals surface area (Å²) in [5.74, 6) is -0.749. The molecular formula is C37H43N3O4S. The van der Waals surface area contributed by atoms with Gasteiger partial charge in [-0.2, -0.15) is 0 Å². The molecule has 236 valence electrons. The van der Waals surface area contributed by atoms with Crippen molar-refractivity contribution in [1.29, 1.82) is 0 Å². The van der Waals surface area contributed by atoms with E-state index >= 15 is 0 Å². The highest BCUT2D eigenvalue weighted by Gasteiger charge is 2.35. The number of sulfonamides is 1. The van der Waals surface area contributed by atoms with Gasteiger partial charge in [0, 0.05) is 19.5 Å². The van der Waals surface area contributed by atoms with Crippen LogP contribution in [-0.4, -0.2) is 44.3 Å². The second-order valence-electron chi connectivity index (χ2n) is 11.6. The van der Waals surface area contributed by atoms with Gasteiger partial charge in [-0.1, -0.05) is 102 Å². The molecule has 1 atom stereocenters. The molecule has 0 spiro atoms. The highest BCUT2D eigenvalue weighted by Crippen LogP contribution is 2.29. The predicted molar refractivity (Wildman–Crippen MR) is 181 cm³/mol. The summed E-state index contributed by atoms with van der Waals surface area (Å²) in [6.45, 7) is 9.75. The molecule has 8 heteroatoms. The molecule has 0 unspecified atom stereocenters. The SMILES string of the molecule is CCCNC(=O)[C@@H](Cc1ccccc1)N(Cc1cccc(C)c1)C(=O)CN(c1ccc(C)cc1C)S(=O)(=O)c1ccc(C)cc1. The Bertz CT molecular complexity index is 1720. The zero-order valence-corrected chi connectivity index (χ0v) is 27.6. The maximum Gasteiger partial charge on any atom is 0.264 e. The van der Waals surface area contributed by atoms with Crippen LogP contribution in [0.1, 0.15) is 46.7 Å². The highest BCUT2D eigenvalue weighted by atomic mass is 32.2. The van der Waals surface area contributed by atoms with Crippen molar-refractivity contribution in [1.82, 2.24) is 10.2 Å². The monoisotopic (exact) mass is 625 g/mol. The number of aryl methyl sites for hydroxylation is 4. The van der Waals surface area contributed by atoms with Gasteiger partial charge in [-0.15, -0.1) is 0 Å². The average Bonchev–Trinajstić information content (AvgIpc) is 3.01. The van der Waals surface area contributed by atoms with Crippen molar-refractivity contribution in [3.05, 3.63) is 130 Å². The van der Waals surface area contributed by atoms with Gasteiger partial charge in [-0.3, -0.25) is 13.9 Å². The molecule has 0 radical (unpaired) electrons. The molecule has 0 fully saturated rings. The zero-order chi connectivity index (χ0) is 32.6. The van der Waals surface area contributed by atoms with Crippen molar-refractivity contribution in [3.63, 3.8) is 0 Å². The molecule has 4 aromatic carbocycles. The van der Waals surface area contributed by atoms with Gasteiger partial charge >= 0.3 is 0 Å². The number of rotatable bonds is 13. The maximum absolute atomic E-state index is 14.6. The maximum atomic E-state index is 14.6. The van der Waals surface area contributed by atoms with Gasteiger partial charge < -0.3 is 10.2 Å². The second kappa shape index (κ2) is 15.0. The molecular weight excluding hydrogens is 582 g/mol. The minimum Gasteiger partial charge on any atom is -0.354 e. The smallest absolute Gasteiger partial charge is 0.264 e. The molecule has 0 heterocycles. The third-order valence-corrected chi connectivity index (χ3v) is 9.54. The predicted octanol–water partition coefficient (Wildman–Crippen LogP) is 6.28. The van der Waals surface area contributed by atoms with Gasteiger partial charge in [-0.25, -0.2) is 8.42 Å². The first-order valence-corrected chi connectivity index (χ1v) is 16.8. The van der Waals surface area contributed by atoms with Crippen LogP contribution in [0.15, 0.2) is 102 Å². The summed E-state index contributed by atoms with van der Waals surface area (Å²) in [6, 6.07) is 28.6. The van der Waals surface area contributed by atoms with Crippen LogP contribution in [0.3, 0.4) is 0 Å². The molecule has 1 N–H and O–H groups in total. The number of hydrogen-bond acceptors (Lipinski definition) is 4. The lowest BCUT2D eigenvalue weighted by atomic mass is 10.0. The summed E-state index contributed by atoms with van der Waals surface area (Å²) < 4.78 is 29.7. The highest BCUT2D eigenvalue weighted by molar-refractivity contribution is 7.92. The van der Waals surface area contributed by atoms with E-state index in [-0.39, 0.29) is 23.8 Å². The van der Waals surface area contributed by atoms with Crippen molar-refractivity contribution >= 4 is 27.5 Å². The molecule has 0 aliphatic heterocycles. The van der Waals surface area contributed by atoms with Crippen LogP contribution < -0.4 is 9.62 Å². The average molecular weight is 626 g/mol. The van der Waals surface area contributed by atoms with Crippen LogP contribution >= 0.6 is 0 Å². The molecule has 0 bridgehead atoms. The lowest BCUT2D eigenvalue weighted by Crippen LogP contribution is -2.53. The topological polar surface area (TPSA) is 86.8 Å². The molecule has 0 aliphatic rings. The van der Waals surface area contributed by atoms with Gasteiger partial charge in [0.1, 0.15) is 12.6 Å². The Kier molecular flexibility index (Phi) is 11.2. The Morgan fingerprint density at radius 1 is 0.756 bits per heavy atom. The Hall–Kier alpha value is -4.43. The van der Waals surface area contributed by atoms with Crippen molar-refractivity contribution < 1.29 is 18.0 Å². The molecule has 2 amide bonds. The first-order chi connectivity index (χ1) is 21.5. The number of anilines is 1. The minimum atomic E-state index is -4.15. The van der Waals surface area contributed by atoms with Crippen LogP contribution in [0.5, 0.6) is 0 Å². The van der Waals surface area contributed by atoms with Crippen molar-refractivity contribution in [2.75, 3.05) is 17.4 Å². The van der Waals surface area contributed by atoms with E-state index in [0.717, 1.165) is 39.8 Å². The van der Waals surface area contributed by atoms with Crippen molar-refractivity contribution in [2.45, 2.75) is 64.9 Å². The molecule has 0 saturated carbocycles. The van der Waals surface area contributed by atoms with Gasteiger partial charge in [-0.05, 0) is 69.0 Å². The number of carbonyl (C=O) groups excluding carboxylic acids is 2. The third kappa shape index (κ3) is 8.60. The Morgan fingerprint density at radius 2 is 1.40 bits per heavy atom. The molecule has 7 nitrogen and oxygen atoms in total. The number of benzene rings is 4. The molecule has 4 aromatic rings. The van der Waals surface area contributed by atoms with E-state index in [1.807, 2.05) is 101 Å². The molecule has 0 aliphatic carbocycles. The van der Waals surface area contributed by atoms with Crippen LogP contribution in [0, 0.1) is 27.7 Å². The normalized spacial score (nSPS) is 11.9. The van der Waals surface area contributed by atoms with E-state index in [1.54, 1.807) is 30.3 Å². The summed E-state index contributed by atoms with van der Waals surface area (Å²) in [6.07, 6.45) is 1.02. The summed E-state index contributed by atoms with van der Waals surface area (Å²) >= 11 is 0. The van der Waals surface area contributed by atoms with Crippen LogP contribution in [0.25, 0.3) is 0 Å². The Balaban J connectivity index is 1.82. The molecule has 0 saturated heterocycles. The molecule has 45 heavy (non-hydrogen) atoms.